The van der Waals surface area contributed by atoms with E-state index in [1.54, 1.807) is 47.4 Å². The molecule has 0 aliphatic heterocycles. The van der Waals surface area contributed by atoms with Crippen LogP contribution < -0.4 is 0 Å². The fourth-order valence-electron chi connectivity index (χ4n) is 2.46. The predicted molar refractivity (Wildman–Crippen MR) is 111 cm³/mol. The molecule has 0 N–H and O–H groups in total. The van der Waals surface area contributed by atoms with Crippen LogP contribution in [-0.2, 0) is 11.3 Å². The van der Waals surface area contributed by atoms with Crippen LogP contribution in [0.25, 0.3) is 17.5 Å². The van der Waals surface area contributed by atoms with Crippen LogP contribution in [0.15, 0.2) is 71.8 Å². The molecule has 28 heavy (non-hydrogen) atoms. The SMILES string of the molecule is C=CCN(Cc1nc(-c2ccc(Cl)cc2)no1)C(=O)/C=C/c1ccccc1Cl. The number of hydrogen-bond donors (Lipinski definition) is 0. The highest BCUT2D eigenvalue weighted by Crippen LogP contribution is 2.19. The van der Waals surface area contributed by atoms with Crippen LogP contribution in [0.3, 0.4) is 0 Å². The van der Waals surface area contributed by atoms with Crippen molar-refractivity contribution in [3.8, 4) is 11.4 Å². The van der Waals surface area contributed by atoms with Gasteiger partial charge in [0.2, 0.25) is 17.6 Å². The lowest BCUT2D eigenvalue weighted by Crippen LogP contribution is -2.29. The molecule has 0 radical (unpaired) electrons. The molecule has 0 unspecified atom stereocenters. The Morgan fingerprint density at radius 3 is 2.61 bits per heavy atom. The number of hydrogen-bond acceptors (Lipinski definition) is 4. The van der Waals surface area contributed by atoms with E-state index in [1.165, 1.54) is 6.08 Å². The zero-order valence-electron chi connectivity index (χ0n) is 14.9. The molecule has 0 saturated carbocycles. The van der Waals surface area contributed by atoms with E-state index in [-0.39, 0.29) is 12.5 Å². The second-order valence-electron chi connectivity index (χ2n) is 5.88. The van der Waals surface area contributed by atoms with Crippen LogP contribution >= 0.6 is 23.2 Å². The summed E-state index contributed by atoms with van der Waals surface area (Å²) in [4.78, 5) is 18.5. The Labute approximate surface area is 172 Å². The monoisotopic (exact) mass is 413 g/mol. The number of nitrogens with zero attached hydrogens (tertiary/aromatic N) is 3. The highest BCUT2D eigenvalue weighted by atomic mass is 35.5. The summed E-state index contributed by atoms with van der Waals surface area (Å²) in [7, 11) is 0. The minimum Gasteiger partial charge on any atom is -0.337 e. The molecule has 0 bridgehead atoms. The van der Waals surface area contributed by atoms with Gasteiger partial charge >= 0.3 is 0 Å². The summed E-state index contributed by atoms with van der Waals surface area (Å²) < 4.78 is 5.29. The molecule has 1 heterocycles. The van der Waals surface area contributed by atoms with E-state index >= 15 is 0 Å². The Morgan fingerprint density at radius 1 is 1.14 bits per heavy atom. The average molecular weight is 414 g/mol. The topological polar surface area (TPSA) is 59.2 Å². The van der Waals surface area contributed by atoms with Crippen LogP contribution in [0.5, 0.6) is 0 Å². The number of benzene rings is 2. The molecule has 5 nitrogen and oxygen atoms in total. The third-order valence-corrected chi connectivity index (χ3v) is 4.46. The molecule has 0 fully saturated rings. The van der Waals surface area contributed by atoms with Gasteiger partial charge in [-0.2, -0.15) is 4.98 Å². The van der Waals surface area contributed by atoms with Crippen molar-refractivity contribution in [3.05, 3.63) is 88.8 Å². The highest BCUT2D eigenvalue weighted by molar-refractivity contribution is 6.32. The summed E-state index contributed by atoms with van der Waals surface area (Å²) in [5, 5.41) is 5.17. The fourth-order valence-corrected chi connectivity index (χ4v) is 2.79. The van der Waals surface area contributed by atoms with Crippen LogP contribution in [0.4, 0.5) is 0 Å². The first-order valence-electron chi connectivity index (χ1n) is 8.48. The maximum Gasteiger partial charge on any atom is 0.247 e. The van der Waals surface area contributed by atoms with E-state index in [9.17, 15) is 4.79 Å². The highest BCUT2D eigenvalue weighted by Gasteiger charge is 2.15. The van der Waals surface area contributed by atoms with Gasteiger partial charge in [0.25, 0.3) is 0 Å². The number of halogens is 2. The summed E-state index contributed by atoms with van der Waals surface area (Å²) in [6.45, 7) is 4.20. The van der Waals surface area contributed by atoms with Crippen molar-refractivity contribution in [2.45, 2.75) is 6.54 Å². The Kier molecular flexibility index (Phi) is 6.63. The minimum absolute atomic E-state index is 0.165. The van der Waals surface area contributed by atoms with Gasteiger partial charge in [-0.25, -0.2) is 0 Å². The molecule has 0 aliphatic carbocycles. The van der Waals surface area contributed by atoms with Crippen molar-refractivity contribution in [1.82, 2.24) is 15.0 Å². The molecule has 142 valence electrons. The van der Waals surface area contributed by atoms with E-state index in [0.717, 1.165) is 11.1 Å². The van der Waals surface area contributed by atoms with Crippen molar-refractivity contribution < 1.29 is 9.32 Å². The first-order valence-corrected chi connectivity index (χ1v) is 9.23. The van der Waals surface area contributed by atoms with Gasteiger partial charge in [-0.05, 0) is 42.0 Å². The molecule has 1 amide bonds. The average Bonchev–Trinajstić information content (AvgIpc) is 3.16. The number of aromatic nitrogens is 2. The van der Waals surface area contributed by atoms with Gasteiger partial charge in [-0.3, -0.25) is 4.79 Å². The maximum atomic E-state index is 12.6. The minimum atomic E-state index is -0.217. The molecule has 3 rings (SSSR count). The van der Waals surface area contributed by atoms with Gasteiger partial charge in [0.05, 0.1) is 0 Å². The lowest BCUT2D eigenvalue weighted by molar-refractivity contribution is -0.126. The summed E-state index contributed by atoms with van der Waals surface area (Å²) in [5.74, 6) is 0.543. The van der Waals surface area contributed by atoms with Gasteiger partial charge in [0.1, 0.15) is 6.54 Å². The van der Waals surface area contributed by atoms with Crippen LogP contribution in [-0.4, -0.2) is 27.5 Å². The van der Waals surface area contributed by atoms with Gasteiger partial charge in [0, 0.05) is 28.2 Å². The summed E-state index contributed by atoms with van der Waals surface area (Å²) in [6, 6.07) is 14.4. The number of amides is 1. The molecule has 0 saturated heterocycles. The van der Waals surface area contributed by atoms with E-state index in [1.807, 2.05) is 18.2 Å². The number of carbonyl (C=O) groups excluding carboxylic acids is 1. The molecule has 7 heteroatoms. The zero-order chi connectivity index (χ0) is 19.9. The number of rotatable bonds is 7. The van der Waals surface area contributed by atoms with Crippen molar-refractivity contribution in [2.24, 2.45) is 0 Å². The maximum absolute atomic E-state index is 12.6. The molecule has 2 aromatic carbocycles. The van der Waals surface area contributed by atoms with Crippen LogP contribution in [0, 0.1) is 0 Å². The van der Waals surface area contributed by atoms with Gasteiger partial charge < -0.3 is 9.42 Å². The molecular weight excluding hydrogens is 397 g/mol. The Bertz CT molecular complexity index is 997. The van der Waals surface area contributed by atoms with Crippen molar-refractivity contribution >= 4 is 35.2 Å². The quantitative estimate of drug-likeness (QED) is 0.390. The second-order valence-corrected chi connectivity index (χ2v) is 6.72. The lowest BCUT2D eigenvalue weighted by atomic mass is 10.2. The summed E-state index contributed by atoms with van der Waals surface area (Å²) in [5.41, 5.74) is 1.54. The molecule has 0 spiro atoms. The Balaban J connectivity index is 1.72. The molecule has 3 aromatic rings. The van der Waals surface area contributed by atoms with Gasteiger partial charge in [-0.15, -0.1) is 6.58 Å². The standard InChI is InChI=1S/C21H17Cl2N3O2/c1-2-13-26(20(27)12-9-15-5-3-4-6-18(15)23)14-19-24-21(25-28-19)16-7-10-17(22)11-8-16/h2-12H,1,13-14H2/b12-9+. The normalized spacial score (nSPS) is 10.9. The molecule has 1 aromatic heterocycles. The predicted octanol–water partition coefficient (Wildman–Crippen LogP) is 5.27. The third kappa shape index (κ3) is 5.09. The number of carbonyl (C=O) groups is 1. The third-order valence-electron chi connectivity index (χ3n) is 3.87. The fraction of sp³-hybridized carbons (Fsp3) is 0.0952. The van der Waals surface area contributed by atoms with E-state index in [4.69, 9.17) is 27.7 Å². The van der Waals surface area contributed by atoms with Crippen molar-refractivity contribution in [1.29, 1.82) is 0 Å². The molecule has 0 atom stereocenters. The van der Waals surface area contributed by atoms with Crippen molar-refractivity contribution in [3.63, 3.8) is 0 Å². The smallest absolute Gasteiger partial charge is 0.247 e. The van der Waals surface area contributed by atoms with E-state index in [0.29, 0.717) is 28.3 Å². The summed E-state index contributed by atoms with van der Waals surface area (Å²) in [6.07, 6.45) is 4.77. The second kappa shape index (κ2) is 9.35. The Morgan fingerprint density at radius 2 is 1.89 bits per heavy atom. The first-order chi connectivity index (χ1) is 13.6. The zero-order valence-corrected chi connectivity index (χ0v) is 16.4. The first kappa shape index (κ1) is 19.9. The Hall–Kier alpha value is -2.89. The van der Waals surface area contributed by atoms with Crippen LogP contribution in [0.2, 0.25) is 10.0 Å². The molecule has 0 aliphatic rings. The van der Waals surface area contributed by atoms with Crippen LogP contribution in [0.1, 0.15) is 11.5 Å². The van der Waals surface area contributed by atoms with E-state index < -0.39 is 0 Å². The largest absolute Gasteiger partial charge is 0.337 e. The van der Waals surface area contributed by atoms with E-state index in [2.05, 4.69) is 16.7 Å². The van der Waals surface area contributed by atoms with Crippen molar-refractivity contribution in [2.75, 3.05) is 6.54 Å². The lowest BCUT2D eigenvalue weighted by Gasteiger charge is -2.16. The van der Waals surface area contributed by atoms with Gasteiger partial charge in [-0.1, -0.05) is 52.6 Å². The van der Waals surface area contributed by atoms with Gasteiger partial charge in [0.15, 0.2) is 0 Å². The summed E-state index contributed by atoms with van der Waals surface area (Å²) >= 11 is 12.0. The molecular formula is C21H17Cl2N3O2.